The largest absolute Gasteiger partial charge is 0.323 e. The van der Waals surface area contributed by atoms with Gasteiger partial charge in [-0.05, 0) is 34.7 Å². The molecular formula is C7H5IN2O. The highest BCUT2D eigenvalue weighted by Crippen LogP contribution is 2.14. The smallest absolute Gasteiger partial charge is 0.306 e. The molecule has 2 rings (SSSR count). The number of hydrogen-bond donors (Lipinski definition) is 2. The van der Waals surface area contributed by atoms with Crippen molar-refractivity contribution in [2.45, 2.75) is 0 Å². The number of H-pyrrole nitrogens is 2. The van der Waals surface area contributed by atoms with E-state index in [1.54, 1.807) is 0 Å². The quantitative estimate of drug-likeness (QED) is 0.692. The number of para-hydroxylation sites is 1. The van der Waals surface area contributed by atoms with Gasteiger partial charge in [-0.2, -0.15) is 0 Å². The van der Waals surface area contributed by atoms with Gasteiger partial charge in [0.2, 0.25) is 0 Å². The van der Waals surface area contributed by atoms with E-state index in [1.165, 1.54) is 0 Å². The fraction of sp³-hybridized carbons (Fsp3) is 0. The molecule has 0 bridgehead atoms. The summed E-state index contributed by atoms with van der Waals surface area (Å²) >= 11 is 2.18. The van der Waals surface area contributed by atoms with Crippen LogP contribution in [0, 0.1) is 3.57 Å². The summed E-state index contributed by atoms with van der Waals surface area (Å²) < 4.78 is 1.05. The third-order valence-electron chi connectivity index (χ3n) is 1.50. The maximum Gasteiger partial charge on any atom is 0.323 e. The molecule has 0 aliphatic heterocycles. The van der Waals surface area contributed by atoms with Crippen molar-refractivity contribution in [3.8, 4) is 0 Å². The molecule has 0 spiro atoms. The zero-order valence-electron chi connectivity index (χ0n) is 5.52. The first-order chi connectivity index (χ1) is 5.27. The Hall–Kier alpha value is -0.780. The van der Waals surface area contributed by atoms with Crippen molar-refractivity contribution < 1.29 is 0 Å². The Morgan fingerprint density at radius 1 is 1.27 bits per heavy atom. The second-order valence-electron chi connectivity index (χ2n) is 2.24. The van der Waals surface area contributed by atoms with Gasteiger partial charge in [-0.3, -0.25) is 0 Å². The van der Waals surface area contributed by atoms with Gasteiger partial charge in [-0.1, -0.05) is 6.07 Å². The molecule has 0 atom stereocenters. The van der Waals surface area contributed by atoms with E-state index in [0.29, 0.717) is 0 Å². The van der Waals surface area contributed by atoms with Crippen LogP contribution in [-0.4, -0.2) is 9.97 Å². The Morgan fingerprint density at radius 3 is 2.82 bits per heavy atom. The molecule has 0 fully saturated rings. The van der Waals surface area contributed by atoms with E-state index in [4.69, 9.17) is 0 Å². The molecule has 0 amide bonds. The predicted octanol–water partition coefficient (Wildman–Crippen LogP) is 1.46. The van der Waals surface area contributed by atoms with Crippen LogP contribution >= 0.6 is 22.6 Å². The van der Waals surface area contributed by atoms with Gasteiger partial charge in [0.1, 0.15) is 0 Å². The van der Waals surface area contributed by atoms with Crippen molar-refractivity contribution in [1.29, 1.82) is 0 Å². The molecule has 11 heavy (non-hydrogen) atoms. The molecule has 2 aromatic rings. The lowest BCUT2D eigenvalue weighted by Crippen LogP contribution is -1.99. The van der Waals surface area contributed by atoms with Crippen molar-refractivity contribution in [3.63, 3.8) is 0 Å². The summed E-state index contributed by atoms with van der Waals surface area (Å²) in [4.78, 5) is 16.2. The average molecular weight is 260 g/mol. The monoisotopic (exact) mass is 260 g/mol. The van der Waals surface area contributed by atoms with Gasteiger partial charge in [-0.25, -0.2) is 4.79 Å². The molecule has 1 heterocycles. The van der Waals surface area contributed by atoms with E-state index in [0.717, 1.165) is 14.6 Å². The number of fused-ring (bicyclic) bond motifs is 1. The summed E-state index contributed by atoms with van der Waals surface area (Å²) in [5.74, 6) is 0. The fourth-order valence-electron chi connectivity index (χ4n) is 1.02. The predicted molar refractivity (Wildman–Crippen MR) is 51.6 cm³/mol. The van der Waals surface area contributed by atoms with Crippen molar-refractivity contribution in [3.05, 3.63) is 32.3 Å². The molecule has 0 saturated carbocycles. The van der Waals surface area contributed by atoms with Crippen LogP contribution in [-0.2, 0) is 0 Å². The van der Waals surface area contributed by atoms with E-state index in [-0.39, 0.29) is 5.69 Å². The van der Waals surface area contributed by atoms with Gasteiger partial charge >= 0.3 is 5.69 Å². The highest BCUT2D eigenvalue weighted by molar-refractivity contribution is 14.1. The van der Waals surface area contributed by atoms with Crippen molar-refractivity contribution in [1.82, 2.24) is 9.97 Å². The zero-order chi connectivity index (χ0) is 7.84. The lowest BCUT2D eigenvalue weighted by atomic mass is 10.3. The summed E-state index contributed by atoms with van der Waals surface area (Å²) in [5, 5.41) is 0. The standard InChI is InChI=1S/C7H5IN2O/c8-4-2-1-3-5-6(4)10-7(11)9-5/h1-3H,(H2,9,10,11). The molecular weight excluding hydrogens is 255 g/mol. The van der Waals surface area contributed by atoms with Gasteiger partial charge < -0.3 is 9.97 Å². The molecule has 0 aliphatic carbocycles. The van der Waals surface area contributed by atoms with Crippen LogP contribution in [0.4, 0.5) is 0 Å². The number of rotatable bonds is 0. The first-order valence-electron chi connectivity index (χ1n) is 3.14. The Balaban J connectivity index is 3.01. The highest BCUT2D eigenvalue weighted by Gasteiger charge is 1.99. The third kappa shape index (κ3) is 1.07. The number of nitrogens with one attached hydrogen (secondary N) is 2. The number of hydrogen-bond acceptors (Lipinski definition) is 1. The Bertz CT molecular complexity index is 443. The van der Waals surface area contributed by atoms with Crippen molar-refractivity contribution in [2.24, 2.45) is 0 Å². The minimum Gasteiger partial charge on any atom is -0.306 e. The molecule has 0 unspecified atom stereocenters. The summed E-state index contributed by atoms with van der Waals surface area (Å²) in [7, 11) is 0. The Morgan fingerprint density at radius 2 is 2.09 bits per heavy atom. The molecule has 4 heteroatoms. The SMILES string of the molecule is O=c1[nH]c2cccc(I)c2[nH]1. The minimum absolute atomic E-state index is 0.149. The van der Waals surface area contributed by atoms with Gasteiger partial charge in [-0.15, -0.1) is 0 Å². The van der Waals surface area contributed by atoms with Crippen LogP contribution < -0.4 is 5.69 Å². The van der Waals surface area contributed by atoms with Gasteiger partial charge in [0.15, 0.2) is 0 Å². The zero-order valence-corrected chi connectivity index (χ0v) is 7.68. The van der Waals surface area contributed by atoms with Crippen molar-refractivity contribution >= 4 is 33.6 Å². The van der Waals surface area contributed by atoms with Crippen LogP contribution in [0.3, 0.4) is 0 Å². The molecule has 1 aromatic carbocycles. The molecule has 3 nitrogen and oxygen atoms in total. The summed E-state index contributed by atoms with van der Waals surface area (Å²) in [6.45, 7) is 0. The van der Waals surface area contributed by atoms with Crippen molar-refractivity contribution in [2.75, 3.05) is 0 Å². The van der Waals surface area contributed by atoms with E-state index in [1.807, 2.05) is 18.2 Å². The molecule has 0 saturated heterocycles. The summed E-state index contributed by atoms with van der Waals surface area (Å²) in [6.07, 6.45) is 0. The number of imidazole rings is 1. The normalized spacial score (nSPS) is 10.6. The number of benzene rings is 1. The second kappa shape index (κ2) is 2.37. The van der Waals surface area contributed by atoms with Gasteiger partial charge in [0, 0.05) is 3.57 Å². The number of halogens is 1. The van der Waals surface area contributed by atoms with Crippen LogP contribution in [0.1, 0.15) is 0 Å². The topological polar surface area (TPSA) is 48.6 Å². The molecule has 0 radical (unpaired) electrons. The number of aromatic amines is 2. The van der Waals surface area contributed by atoms with Crippen LogP contribution in [0.2, 0.25) is 0 Å². The summed E-state index contributed by atoms with van der Waals surface area (Å²) in [6, 6.07) is 5.73. The molecule has 56 valence electrons. The maximum absolute atomic E-state index is 10.8. The minimum atomic E-state index is -0.149. The van der Waals surface area contributed by atoms with E-state index in [9.17, 15) is 4.79 Å². The maximum atomic E-state index is 10.8. The van der Waals surface area contributed by atoms with Gasteiger partial charge in [0.25, 0.3) is 0 Å². The lowest BCUT2D eigenvalue weighted by Gasteiger charge is -1.89. The van der Waals surface area contributed by atoms with Crippen LogP contribution in [0.15, 0.2) is 23.0 Å². The van der Waals surface area contributed by atoms with E-state index >= 15 is 0 Å². The lowest BCUT2D eigenvalue weighted by molar-refractivity contribution is 1.21. The molecule has 2 N–H and O–H groups in total. The summed E-state index contributed by atoms with van der Waals surface area (Å²) in [5.41, 5.74) is 1.60. The first kappa shape index (κ1) is 6.90. The molecule has 0 aliphatic rings. The Labute approximate surface area is 76.0 Å². The number of aromatic nitrogens is 2. The Kier molecular flexibility index (Phi) is 1.49. The van der Waals surface area contributed by atoms with Crippen LogP contribution in [0.25, 0.3) is 11.0 Å². The fourth-order valence-corrected chi connectivity index (χ4v) is 1.66. The van der Waals surface area contributed by atoms with E-state index < -0.39 is 0 Å². The molecule has 1 aromatic heterocycles. The highest BCUT2D eigenvalue weighted by atomic mass is 127. The van der Waals surface area contributed by atoms with Crippen LogP contribution in [0.5, 0.6) is 0 Å². The van der Waals surface area contributed by atoms with E-state index in [2.05, 4.69) is 32.6 Å². The average Bonchev–Trinajstić information content (AvgIpc) is 2.31. The first-order valence-corrected chi connectivity index (χ1v) is 4.22. The second-order valence-corrected chi connectivity index (χ2v) is 3.40. The third-order valence-corrected chi connectivity index (χ3v) is 2.40. The van der Waals surface area contributed by atoms with Gasteiger partial charge in [0.05, 0.1) is 11.0 Å².